The van der Waals surface area contributed by atoms with Gasteiger partial charge in [0.1, 0.15) is 5.75 Å². The van der Waals surface area contributed by atoms with E-state index in [0.717, 1.165) is 43.3 Å². The topological polar surface area (TPSA) is 24.5 Å². The highest BCUT2D eigenvalue weighted by molar-refractivity contribution is 5.27. The monoisotopic (exact) mass is 290 g/mol. The van der Waals surface area contributed by atoms with Gasteiger partial charge in [-0.05, 0) is 62.5 Å². The maximum Gasteiger partial charge on any atom is 0.118 e. The Bertz CT molecular complexity index is 416. The molecule has 0 heterocycles. The van der Waals surface area contributed by atoms with Gasteiger partial charge in [-0.1, -0.05) is 26.0 Å². The van der Waals surface area contributed by atoms with Crippen LogP contribution >= 0.6 is 0 Å². The molecular weight excluding hydrogens is 260 g/mol. The van der Waals surface area contributed by atoms with Gasteiger partial charge >= 0.3 is 0 Å². The van der Waals surface area contributed by atoms with Gasteiger partial charge in [0.2, 0.25) is 0 Å². The van der Waals surface area contributed by atoms with Gasteiger partial charge in [-0.3, -0.25) is 4.90 Å². The van der Waals surface area contributed by atoms with Crippen LogP contribution < -0.4 is 10.1 Å². The summed E-state index contributed by atoms with van der Waals surface area (Å²) in [5.74, 6) is 2.48. The zero-order chi connectivity index (χ0) is 15.2. The van der Waals surface area contributed by atoms with Gasteiger partial charge in [0.15, 0.2) is 0 Å². The van der Waals surface area contributed by atoms with E-state index in [0.29, 0.717) is 0 Å². The fraction of sp³-hybridized carbons (Fsp3) is 0.667. The Morgan fingerprint density at radius 2 is 1.95 bits per heavy atom. The lowest BCUT2D eigenvalue weighted by Gasteiger charge is -2.43. The van der Waals surface area contributed by atoms with Crippen molar-refractivity contribution in [3.63, 3.8) is 0 Å². The van der Waals surface area contributed by atoms with E-state index < -0.39 is 0 Å². The van der Waals surface area contributed by atoms with Gasteiger partial charge in [0.05, 0.1) is 7.11 Å². The molecule has 1 aromatic carbocycles. The van der Waals surface area contributed by atoms with Gasteiger partial charge in [-0.25, -0.2) is 0 Å². The largest absolute Gasteiger partial charge is 0.497 e. The van der Waals surface area contributed by atoms with Gasteiger partial charge in [-0.2, -0.15) is 0 Å². The summed E-state index contributed by atoms with van der Waals surface area (Å²) in [5.41, 5.74) is 1.36. The van der Waals surface area contributed by atoms with Crippen LogP contribution in [0.3, 0.4) is 0 Å². The molecule has 2 atom stereocenters. The third-order valence-electron chi connectivity index (χ3n) is 4.49. The first kappa shape index (κ1) is 16.3. The Kier molecular flexibility index (Phi) is 6.07. The van der Waals surface area contributed by atoms with Gasteiger partial charge in [0, 0.05) is 12.6 Å². The fourth-order valence-electron chi connectivity index (χ4n) is 3.06. The van der Waals surface area contributed by atoms with Crippen LogP contribution in [0.25, 0.3) is 0 Å². The zero-order valence-corrected chi connectivity index (χ0v) is 13.9. The Hall–Kier alpha value is -1.06. The minimum absolute atomic E-state index is 0.728. The van der Waals surface area contributed by atoms with Crippen LogP contribution in [0.5, 0.6) is 5.75 Å². The number of hydrogen-bond donors (Lipinski definition) is 1. The van der Waals surface area contributed by atoms with Crippen LogP contribution in [0.1, 0.15) is 32.3 Å². The summed E-state index contributed by atoms with van der Waals surface area (Å²) >= 11 is 0. The Morgan fingerprint density at radius 1 is 1.24 bits per heavy atom. The van der Waals surface area contributed by atoms with Crippen LogP contribution in [-0.4, -0.2) is 38.2 Å². The molecular formula is C18H30N2O. The van der Waals surface area contributed by atoms with Crippen molar-refractivity contribution in [1.29, 1.82) is 0 Å². The van der Waals surface area contributed by atoms with Gasteiger partial charge in [-0.15, -0.1) is 0 Å². The first-order chi connectivity index (χ1) is 10.1. The molecule has 0 saturated heterocycles. The van der Waals surface area contributed by atoms with Crippen molar-refractivity contribution in [1.82, 2.24) is 10.2 Å². The number of nitrogens with one attached hydrogen (secondary N) is 1. The molecule has 1 aliphatic rings. The predicted molar refractivity (Wildman–Crippen MR) is 88.7 cm³/mol. The van der Waals surface area contributed by atoms with Crippen molar-refractivity contribution < 1.29 is 4.74 Å². The second kappa shape index (κ2) is 7.81. The van der Waals surface area contributed by atoms with E-state index in [2.05, 4.69) is 43.2 Å². The van der Waals surface area contributed by atoms with Crippen molar-refractivity contribution in [2.75, 3.05) is 27.2 Å². The average Bonchev–Trinajstić information content (AvgIpc) is 2.42. The molecule has 0 aliphatic heterocycles. The molecule has 2 rings (SSSR count). The van der Waals surface area contributed by atoms with E-state index in [1.165, 1.54) is 18.4 Å². The van der Waals surface area contributed by atoms with Crippen molar-refractivity contribution in [3.8, 4) is 5.75 Å². The van der Waals surface area contributed by atoms with E-state index >= 15 is 0 Å². The third kappa shape index (κ3) is 4.72. The maximum atomic E-state index is 5.21. The van der Waals surface area contributed by atoms with E-state index in [1.807, 2.05) is 12.1 Å². The van der Waals surface area contributed by atoms with Crippen molar-refractivity contribution >= 4 is 0 Å². The molecule has 1 aliphatic carbocycles. The minimum Gasteiger partial charge on any atom is -0.497 e. The molecule has 2 unspecified atom stereocenters. The van der Waals surface area contributed by atoms with Gasteiger partial charge in [0.25, 0.3) is 0 Å². The molecule has 1 N–H and O–H groups in total. The molecule has 1 fully saturated rings. The van der Waals surface area contributed by atoms with E-state index in [-0.39, 0.29) is 0 Å². The number of nitrogens with zero attached hydrogens (tertiary/aromatic N) is 1. The van der Waals surface area contributed by atoms with Crippen LogP contribution in [0, 0.1) is 11.8 Å². The number of rotatable bonds is 8. The van der Waals surface area contributed by atoms with E-state index in [9.17, 15) is 0 Å². The fourth-order valence-corrected chi connectivity index (χ4v) is 3.06. The van der Waals surface area contributed by atoms with Crippen LogP contribution in [-0.2, 0) is 6.54 Å². The number of benzene rings is 1. The summed E-state index contributed by atoms with van der Waals surface area (Å²) in [4.78, 5) is 2.51. The molecule has 0 bridgehead atoms. The van der Waals surface area contributed by atoms with Crippen molar-refractivity contribution in [2.24, 2.45) is 11.8 Å². The number of ether oxygens (including phenoxy) is 1. The number of hydrogen-bond acceptors (Lipinski definition) is 3. The highest BCUT2D eigenvalue weighted by Gasteiger charge is 2.33. The molecule has 3 nitrogen and oxygen atoms in total. The summed E-state index contributed by atoms with van der Waals surface area (Å²) in [6.07, 6.45) is 2.70. The lowest BCUT2D eigenvalue weighted by molar-refractivity contribution is 0.0776. The highest BCUT2D eigenvalue weighted by atomic mass is 16.5. The molecule has 0 aromatic heterocycles. The summed E-state index contributed by atoms with van der Waals surface area (Å²) in [6.45, 7) is 7.85. The SMILES string of the molecule is COc1ccc(CN(C)C2CCC2CNCC(C)C)cc1. The quantitative estimate of drug-likeness (QED) is 0.796. The van der Waals surface area contributed by atoms with Gasteiger partial charge < -0.3 is 10.1 Å². The molecule has 3 heteroatoms. The molecule has 0 amide bonds. The Morgan fingerprint density at radius 3 is 2.48 bits per heavy atom. The molecule has 1 saturated carbocycles. The van der Waals surface area contributed by atoms with E-state index in [1.54, 1.807) is 7.11 Å². The zero-order valence-electron chi connectivity index (χ0n) is 13.9. The minimum atomic E-state index is 0.728. The predicted octanol–water partition coefficient (Wildman–Crippen LogP) is 3.15. The molecule has 118 valence electrons. The lowest BCUT2D eigenvalue weighted by Crippen LogP contribution is -2.48. The smallest absolute Gasteiger partial charge is 0.118 e. The summed E-state index contributed by atoms with van der Waals surface area (Å²) in [7, 11) is 3.97. The first-order valence-corrected chi connectivity index (χ1v) is 8.14. The molecule has 0 spiro atoms. The van der Waals surface area contributed by atoms with Crippen LogP contribution in [0.15, 0.2) is 24.3 Å². The average molecular weight is 290 g/mol. The van der Waals surface area contributed by atoms with Crippen molar-refractivity contribution in [2.45, 2.75) is 39.3 Å². The van der Waals surface area contributed by atoms with Crippen molar-refractivity contribution in [3.05, 3.63) is 29.8 Å². The summed E-state index contributed by atoms with van der Waals surface area (Å²) in [6, 6.07) is 9.16. The Labute approximate surface area is 129 Å². The summed E-state index contributed by atoms with van der Waals surface area (Å²) < 4.78 is 5.21. The molecule has 0 radical (unpaired) electrons. The number of methoxy groups -OCH3 is 1. The second-order valence-electron chi connectivity index (χ2n) is 6.72. The first-order valence-electron chi connectivity index (χ1n) is 8.14. The Balaban J connectivity index is 1.78. The maximum absolute atomic E-state index is 5.21. The summed E-state index contributed by atoms with van der Waals surface area (Å²) in [5, 5.41) is 3.61. The molecule has 1 aromatic rings. The normalized spacial score (nSPS) is 21.6. The standard InChI is InChI=1S/C18H30N2O/c1-14(2)11-19-12-16-7-10-18(16)20(3)13-15-5-8-17(21-4)9-6-15/h5-6,8-9,14,16,18-19H,7,10-13H2,1-4H3. The van der Waals surface area contributed by atoms with E-state index in [4.69, 9.17) is 4.74 Å². The molecule has 21 heavy (non-hydrogen) atoms. The third-order valence-corrected chi connectivity index (χ3v) is 4.49. The van der Waals surface area contributed by atoms with Crippen LogP contribution in [0.4, 0.5) is 0 Å². The highest BCUT2D eigenvalue weighted by Crippen LogP contribution is 2.31. The second-order valence-corrected chi connectivity index (χ2v) is 6.72. The van der Waals surface area contributed by atoms with Crippen LogP contribution in [0.2, 0.25) is 0 Å². The lowest BCUT2D eigenvalue weighted by atomic mass is 9.78.